The van der Waals surface area contributed by atoms with Crippen molar-refractivity contribution >= 4 is 17.0 Å². The molecule has 5 nitrogen and oxygen atoms in total. The lowest BCUT2D eigenvalue weighted by atomic mass is 10.2. The number of nitrogen functional groups attached to an aromatic ring is 1. The molecule has 0 aliphatic carbocycles. The number of hydrogen-bond acceptors (Lipinski definition) is 4. The van der Waals surface area contributed by atoms with E-state index in [-0.39, 0.29) is 0 Å². The Kier molecular flexibility index (Phi) is 3.24. The average molecular weight is 301 g/mol. The van der Waals surface area contributed by atoms with Crippen LogP contribution in [-0.2, 0) is 6.54 Å². The Balaban J connectivity index is 1.82. The number of nitrogens with zero attached hydrogens (tertiary/aromatic N) is 4. The fourth-order valence-corrected chi connectivity index (χ4v) is 2.58. The lowest BCUT2D eigenvalue weighted by molar-refractivity contribution is 0.814. The lowest BCUT2D eigenvalue weighted by Crippen LogP contribution is -2.02. The second kappa shape index (κ2) is 5.53. The molecule has 0 saturated heterocycles. The van der Waals surface area contributed by atoms with Gasteiger partial charge in [-0.15, -0.1) is 0 Å². The van der Waals surface area contributed by atoms with Crippen LogP contribution in [0.5, 0.6) is 0 Å². The monoisotopic (exact) mass is 301 g/mol. The minimum absolute atomic E-state index is 0.403. The molecule has 0 atom stereocenters. The largest absolute Gasteiger partial charge is 0.382 e. The molecule has 0 aliphatic heterocycles. The van der Waals surface area contributed by atoms with Crippen LogP contribution in [0.2, 0.25) is 0 Å². The van der Waals surface area contributed by atoms with Gasteiger partial charge in [-0.05, 0) is 5.56 Å². The van der Waals surface area contributed by atoms with Gasteiger partial charge in [0.25, 0.3) is 0 Å². The first-order chi connectivity index (χ1) is 11.3. The van der Waals surface area contributed by atoms with Gasteiger partial charge in [0.15, 0.2) is 17.3 Å². The Morgan fingerprint density at radius 1 is 0.870 bits per heavy atom. The van der Waals surface area contributed by atoms with Gasteiger partial charge in [-0.2, -0.15) is 0 Å². The maximum Gasteiger partial charge on any atom is 0.166 e. The molecular formula is C18H15N5. The molecule has 2 aromatic carbocycles. The van der Waals surface area contributed by atoms with Crippen LogP contribution in [0.4, 0.5) is 5.82 Å². The van der Waals surface area contributed by atoms with Crippen LogP contribution in [0, 0.1) is 0 Å². The highest BCUT2D eigenvalue weighted by atomic mass is 15.1. The van der Waals surface area contributed by atoms with Crippen molar-refractivity contribution < 1.29 is 0 Å². The van der Waals surface area contributed by atoms with Gasteiger partial charge in [-0.1, -0.05) is 60.7 Å². The van der Waals surface area contributed by atoms with Crippen LogP contribution >= 0.6 is 0 Å². The molecule has 2 heterocycles. The van der Waals surface area contributed by atoms with Crippen molar-refractivity contribution in [3.05, 3.63) is 72.6 Å². The van der Waals surface area contributed by atoms with E-state index in [2.05, 4.69) is 27.1 Å². The van der Waals surface area contributed by atoms with Crippen LogP contribution in [0.3, 0.4) is 0 Å². The second-order valence-corrected chi connectivity index (χ2v) is 5.33. The number of hydrogen-bond donors (Lipinski definition) is 1. The Morgan fingerprint density at radius 2 is 1.57 bits per heavy atom. The van der Waals surface area contributed by atoms with Gasteiger partial charge < -0.3 is 10.3 Å². The van der Waals surface area contributed by atoms with Crippen molar-refractivity contribution in [3.8, 4) is 11.4 Å². The first-order valence-electron chi connectivity index (χ1n) is 7.39. The number of benzene rings is 2. The van der Waals surface area contributed by atoms with Gasteiger partial charge in [0.05, 0.1) is 12.9 Å². The van der Waals surface area contributed by atoms with Crippen molar-refractivity contribution in [2.75, 3.05) is 5.73 Å². The predicted octanol–water partition coefficient (Wildman–Crippen LogP) is 3.12. The molecule has 0 aliphatic rings. The summed E-state index contributed by atoms with van der Waals surface area (Å²) in [5, 5.41) is 0. The van der Waals surface area contributed by atoms with Gasteiger partial charge in [-0.25, -0.2) is 15.0 Å². The van der Waals surface area contributed by atoms with Crippen LogP contribution < -0.4 is 5.73 Å². The van der Waals surface area contributed by atoms with E-state index in [0.29, 0.717) is 23.7 Å². The number of nitrogens with two attached hydrogens (primary N) is 1. The highest BCUT2D eigenvalue weighted by Gasteiger charge is 2.12. The van der Waals surface area contributed by atoms with Crippen molar-refractivity contribution in [2.24, 2.45) is 0 Å². The average Bonchev–Trinajstić information content (AvgIpc) is 3.00. The molecule has 2 aromatic heterocycles. The lowest BCUT2D eigenvalue weighted by Gasteiger charge is -2.06. The SMILES string of the molecule is Nc1nc(-c2ccccc2)nc2c1ncn2Cc1ccccc1. The molecule has 0 fully saturated rings. The van der Waals surface area contributed by atoms with E-state index in [1.54, 1.807) is 6.33 Å². The maximum atomic E-state index is 6.07. The van der Waals surface area contributed by atoms with E-state index in [0.717, 1.165) is 11.2 Å². The first kappa shape index (κ1) is 13.5. The summed E-state index contributed by atoms with van der Waals surface area (Å²) in [6.07, 6.45) is 1.76. The zero-order valence-corrected chi connectivity index (χ0v) is 12.4. The van der Waals surface area contributed by atoms with Gasteiger partial charge in [0, 0.05) is 5.56 Å². The van der Waals surface area contributed by atoms with Crippen molar-refractivity contribution in [2.45, 2.75) is 6.54 Å². The van der Waals surface area contributed by atoms with E-state index in [1.807, 2.05) is 53.1 Å². The minimum Gasteiger partial charge on any atom is -0.382 e. The summed E-state index contributed by atoms with van der Waals surface area (Å²) in [4.78, 5) is 13.4. The topological polar surface area (TPSA) is 69.6 Å². The van der Waals surface area contributed by atoms with E-state index < -0.39 is 0 Å². The van der Waals surface area contributed by atoms with Gasteiger partial charge in [0.1, 0.15) is 5.52 Å². The van der Waals surface area contributed by atoms with Crippen LogP contribution in [0.1, 0.15) is 5.56 Å². The Morgan fingerprint density at radius 3 is 2.30 bits per heavy atom. The number of rotatable bonds is 3. The molecular weight excluding hydrogens is 286 g/mol. The van der Waals surface area contributed by atoms with Crippen molar-refractivity contribution in [1.29, 1.82) is 0 Å². The normalized spacial score (nSPS) is 11.0. The van der Waals surface area contributed by atoms with Gasteiger partial charge >= 0.3 is 0 Å². The molecule has 0 radical (unpaired) electrons. The molecule has 4 rings (SSSR count). The van der Waals surface area contributed by atoms with Crippen molar-refractivity contribution in [3.63, 3.8) is 0 Å². The quantitative estimate of drug-likeness (QED) is 0.631. The third kappa shape index (κ3) is 2.53. The van der Waals surface area contributed by atoms with Gasteiger partial charge in [0.2, 0.25) is 0 Å². The summed E-state index contributed by atoms with van der Waals surface area (Å²) < 4.78 is 2.00. The maximum absolute atomic E-state index is 6.07. The van der Waals surface area contributed by atoms with E-state index in [4.69, 9.17) is 5.73 Å². The molecule has 5 heteroatoms. The summed E-state index contributed by atoms with van der Waals surface area (Å²) in [5.74, 6) is 1.02. The summed E-state index contributed by atoms with van der Waals surface area (Å²) in [6.45, 7) is 0.696. The molecule has 0 bridgehead atoms. The van der Waals surface area contributed by atoms with E-state index >= 15 is 0 Å². The van der Waals surface area contributed by atoms with Crippen LogP contribution in [0.25, 0.3) is 22.6 Å². The highest BCUT2D eigenvalue weighted by Crippen LogP contribution is 2.22. The summed E-state index contributed by atoms with van der Waals surface area (Å²) in [5.41, 5.74) is 9.59. The highest BCUT2D eigenvalue weighted by molar-refractivity contribution is 5.83. The molecule has 0 amide bonds. The Bertz CT molecular complexity index is 945. The zero-order chi connectivity index (χ0) is 15.6. The Labute approximate surface area is 133 Å². The van der Waals surface area contributed by atoms with Crippen molar-refractivity contribution in [1.82, 2.24) is 19.5 Å². The second-order valence-electron chi connectivity index (χ2n) is 5.33. The van der Waals surface area contributed by atoms with E-state index in [1.165, 1.54) is 5.56 Å². The standard InChI is InChI=1S/C18H15N5/c19-16-15-18(22-17(21-16)14-9-5-2-6-10-14)23(12-20-15)11-13-7-3-1-4-8-13/h1-10,12H,11H2,(H2,19,21,22). The molecule has 0 saturated carbocycles. The number of anilines is 1. The smallest absolute Gasteiger partial charge is 0.166 e. The molecule has 4 aromatic rings. The number of imidazole rings is 1. The molecule has 0 unspecified atom stereocenters. The molecule has 2 N–H and O–H groups in total. The van der Waals surface area contributed by atoms with E-state index in [9.17, 15) is 0 Å². The summed E-state index contributed by atoms with van der Waals surface area (Å²) in [6, 6.07) is 20.0. The van der Waals surface area contributed by atoms with Crippen LogP contribution in [-0.4, -0.2) is 19.5 Å². The molecule has 0 spiro atoms. The minimum atomic E-state index is 0.403. The third-order valence-electron chi connectivity index (χ3n) is 3.72. The third-order valence-corrected chi connectivity index (χ3v) is 3.72. The number of fused-ring (bicyclic) bond motifs is 1. The fraction of sp³-hybridized carbons (Fsp3) is 0.0556. The summed E-state index contributed by atoms with van der Waals surface area (Å²) >= 11 is 0. The van der Waals surface area contributed by atoms with Crippen LogP contribution in [0.15, 0.2) is 67.0 Å². The molecule has 23 heavy (non-hydrogen) atoms. The predicted molar refractivity (Wildman–Crippen MR) is 90.7 cm³/mol. The summed E-state index contributed by atoms with van der Waals surface area (Å²) in [7, 11) is 0. The fourth-order valence-electron chi connectivity index (χ4n) is 2.58. The zero-order valence-electron chi connectivity index (χ0n) is 12.4. The Hall–Kier alpha value is -3.21. The first-order valence-corrected chi connectivity index (χ1v) is 7.39. The van der Waals surface area contributed by atoms with Gasteiger partial charge in [-0.3, -0.25) is 0 Å². The molecule has 112 valence electrons. The number of aromatic nitrogens is 4.